The monoisotopic (exact) mass is 381 g/mol. The van der Waals surface area contributed by atoms with Crippen molar-refractivity contribution in [3.63, 3.8) is 0 Å². The molecule has 0 spiro atoms. The van der Waals surface area contributed by atoms with E-state index in [1.165, 1.54) is 34.0 Å². The number of thiazole rings is 1. The Morgan fingerprint density at radius 1 is 1.43 bits per heavy atom. The van der Waals surface area contributed by atoms with Gasteiger partial charge in [-0.1, -0.05) is 22.4 Å². The van der Waals surface area contributed by atoms with Crippen molar-refractivity contribution in [3.8, 4) is 5.75 Å². The van der Waals surface area contributed by atoms with E-state index in [1.54, 1.807) is 22.7 Å². The van der Waals surface area contributed by atoms with Gasteiger partial charge in [0.05, 0.1) is 26.5 Å². The largest absolute Gasteiger partial charge is 0.492 e. The third-order valence-electron chi connectivity index (χ3n) is 4.40. The second-order valence-electron chi connectivity index (χ2n) is 5.89. The lowest BCUT2D eigenvalue weighted by molar-refractivity contribution is 0.0848. The molecule has 2 heterocycles. The number of aryl methyl sites for hydroxylation is 1. The first-order valence-corrected chi connectivity index (χ1v) is 9.99. The molecule has 2 nitrogen and oxygen atoms in total. The zero-order chi connectivity index (χ0) is 14.4. The SMILES string of the molecule is Cc1nc2c(cc(OCC3(CBr)CCC3)c3ccsc32)s1. The molecule has 0 N–H and O–H groups in total. The van der Waals surface area contributed by atoms with E-state index in [1.807, 2.05) is 0 Å². The predicted molar refractivity (Wildman–Crippen MR) is 95.3 cm³/mol. The van der Waals surface area contributed by atoms with Crippen LogP contribution in [0.3, 0.4) is 0 Å². The first kappa shape index (κ1) is 14.0. The second-order valence-corrected chi connectivity index (χ2v) is 8.61. The van der Waals surface area contributed by atoms with E-state index in [2.05, 4.69) is 45.4 Å². The van der Waals surface area contributed by atoms with E-state index in [0.29, 0.717) is 5.41 Å². The third-order valence-corrected chi connectivity index (χ3v) is 7.43. The quantitative estimate of drug-likeness (QED) is 0.535. The van der Waals surface area contributed by atoms with E-state index >= 15 is 0 Å². The highest BCUT2D eigenvalue weighted by Gasteiger charge is 2.36. The molecular formula is C16H16BrNOS2. The van der Waals surface area contributed by atoms with Gasteiger partial charge in [-0.15, -0.1) is 22.7 Å². The normalized spacial score (nSPS) is 17.2. The van der Waals surface area contributed by atoms with Gasteiger partial charge in [0.15, 0.2) is 0 Å². The van der Waals surface area contributed by atoms with Crippen LogP contribution in [0.4, 0.5) is 0 Å². The number of hydrogen-bond donors (Lipinski definition) is 0. The number of hydrogen-bond acceptors (Lipinski definition) is 4. The summed E-state index contributed by atoms with van der Waals surface area (Å²) in [5.41, 5.74) is 1.48. The van der Waals surface area contributed by atoms with Gasteiger partial charge in [-0.05, 0) is 31.2 Å². The Morgan fingerprint density at radius 3 is 3.00 bits per heavy atom. The Hall–Kier alpha value is -0.650. The van der Waals surface area contributed by atoms with Crippen LogP contribution in [0.15, 0.2) is 17.5 Å². The van der Waals surface area contributed by atoms with E-state index in [-0.39, 0.29) is 0 Å². The average Bonchev–Trinajstić information content (AvgIpc) is 3.02. The highest BCUT2D eigenvalue weighted by molar-refractivity contribution is 9.09. The fourth-order valence-electron chi connectivity index (χ4n) is 2.93. The number of alkyl halides is 1. The molecular weight excluding hydrogens is 366 g/mol. The summed E-state index contributed by atoms with van der Waals surface area (Å²) in [5.74, 6) is 1.02. The lowest BCUT2D eigenvalue weighted by Crippen LogP contribution is -2.37. The van der Waals surface area contributed by atoms with Crippen LogP contribution in [0, 0.1) is 12.3 Å². The molecule has 0 radical (unpaired) electrons. The van der Waals surface area contributed by atoms with Crippen molar-refractivity contribution >= 4 is 58.9 Å². The van der Waals surface area contributed by atoms with Crippen molar-refractivity contribution in [1.29, 1.82) is 0 Å². The Kier molecular flexibility index (Phi) is 3.47. The molecule has 4 rings (SSSR count). The summed E-state index contributed by atoms with van der Waals surface area (Å²) in [6.45, 7) is 2.88. The number of benzene rings is 1. The lowest BCUT2D eigenvalue weighted by Gasteiger charge is -2.40. The Bertz CT molecular complexity index is 798. The van der Waals surface area contributed by atoms with Crippen molar-refractivity contribution < 1.29 is 4.74 Å². The highest BCUT2D eigenvalue weighted by atomic mass is 79.9. The minimum absolute atomic E-state index is 0.348. The number of halogens is 1. The van der Waals surface area contributed by atoms with Gasteiger partial charge in [-0.3, -0.25) is 0 Å². The summed E-state index contributed by atoms with van der Waals surface area (Å²) in [5, 5.41) is 5.50. The van der Waals surface area contributed by atoms with Crippen LogP contribution in [-0.4, -0.2) is 16.9 Å². The maximum atomic E-state index is 6.25. The van der Waals surface area contributed by atoms with Crippen molar-refractivity contribution in [1.82, 2.24) is 4.98 Å². The van der Waals surface area contributed by atoms with Crippen LogP contribution in [-0.2, 0) is 0 Å². The van der Waals surface area contributed by atoms with Crippen LogP contribution < -0.4 is 4.74 Å². The zero-order valence-electron chi connectivity index (χ0n) is 11.8. The molecule has 1 fully saturated rings. The first-order chi connectivity index (χ1) is 10.2. The molecule has 21 heavy (non-hydrogen) atoms. The van der Waals surface area contributed by atoms with Crippen LogP contribution in [0.1, 0.15) is 24.3 Å². The van der Waals surface area contributed by atoms with Gasteiger partial charge in [-0.25, -0.2) is 4.98 Å². The van der Waals surface area contributed by atoms with Crippen LogP contribution in [0.5, 0.6) is 5.75 Å². The van der Waals surface area contributed by atoms with Gasteiger partial charge >= 0.3 is 0 Å². The van der Waals surface area contributed by atoms with Gasteiger partial charge in [0, 0.05) is 22.2 Å². The maximum Gasteiger partial charge on any atom is 0.129 e. The molecule has 1 saturated carbocycles. The third kappa shape index (κ3) is 2.30. The molecule has 1 aromatic carbocycles. The van der Waals surface area contributed by atoms with E-state index < -0.39 is 0 Å². The molecule has 0 aliphatic heterocycles. The summed E-state index contributed by atoms with van der Waals surface area (Å²) in [6.07, 6.45) is 3.87. The van der Waals surface area contributed by atoms with E-state index in [4.69, 9.17) is 4.74 Å². The Labute approximate surface area is 140 Å². The van der Waals surface area contributed by atoms with Crippen LogP contribution >= 0.6 is 38.6 Å². The van der Waals surface area contributed by atoms with Crippen LogP contribution in [0.2, 0.25) is 0 Å². The fourth-order valence-corrected chi connectivity index (χ4v) is 5.49. The zero-order valence-corrected chi connectivity index (χ0v) is 15.0. The smallest absolute Gasteiger partial charge is 0.129 e. The van der Waals surface area contributed by atoms with Crippen molar-refractivity contribution in [3.05, 3.63) is 22.5 Å². The molecule has 0 saturated heterocycles. The molecule has 1 aliphatic rings. The summed E-state index contributed by atoms with van der Waals surface area (Å²) < 4.78 is 8.74. The number of aromatic nitrogens is 1. The number of thiophene rings is 1. The maximum absolute atomic E-state index is 6.25. The molecule has 0 amide bonds. The summed E-state index contributed by atoms with van der Waals surface area (Å²) in [7, 11) is 0. The Morgan fingerprint density at radius 2 is 2.29 bits per heavy atom. The second kappa shape index (κ2) is 5.21. The molecule has 2 aromatic heterocycles. The Balaban J connectivity index is 1.74. The first-order valence-electron chi connectivity index (χ1n) is 7.17. The lowest BCUT2D eigenvalue weighted by atomic mass is 9.71. The van der Waals surface area contributed by atoms with E-state index in [0.717, 1.165) is 28.2 Å². The standard InChI is InChI=1S/C16H16BrNOS2/c1-10-18-14-13(21-10)7-12(11-3-6-20-15(11)14)19-9-16(8-17)4-2-5-16/h3,6-7H,2,4-5,8-9H2,1H3. The van der Waals surface area contributed by atoms with Crippen molar-refractivity contribution in [2.75, 3.05) is 11.9 Å². The van der Waals surface area contributed by atoms with Crippen molar-refractivity contribution in [2.24, 2.45) is 5.41 Å². The number of rotatable bonds is 4. The topological polar surface area (TPSA) is 22.1 Å². The average molecular weight is 382 g/mol. The molecule has 5 heteroatoms. The van der Waals surface area contributed by atoms with Gasteiger partial charge in [0.2, 0.25) is 0 Å². The summed E-state index contributed by atoms with van der Waals surface area (Å²) in [4.78, 5) is 4.67. The molecule has 0 atom stereocenters. The summed E-state index contributed by atoms with van der Waals surface area (Å²) in [6, 6.07) is 4.33. The van der Waals surface area contributed by atoms with Crippen molar-refractivity contribution in [2.45, 2.75) is 26.2 Å². The van der Waals surface area contributed by atoms with Gasteiger partial charge in [-0.2, -0.15) is 0 Å². The predicted octanol–water partition coefficient (Wildman–Crippen LogP) is 5.76. The van der Waals surface area contributed by atoms with Gasteiger partial charge in [0.25, 0.3) is 0 Å². The minimum atomic E-state index is 0.348. The molecule has 0 bridgehead atoms. The summed E-state index contributed by atoms with van der Waals surface area (Å²) >= 11 is 7.16. The molecule has 0 unspecified atom stereocenters. The van der Waals surface area contributed by atoms with Gasteiger partial charge in [0.1, 0.15) is 5.75 Å². The number of nitrogens with zero attached hydrogens (tertiary/aromatic N) is 1. The molecule has 3 aromatic rings. The van der Waals surface area contributed by atoms with Gasteiger partial charge < -0.3 is 4.74 Å². The number of fused-ring (bicyclic) bond motifs is 3. The molecule has 110 valence electrons. The minimum Gasteiger partial charge on any atom is -0.492 e. The fraction of sp³-hybridized carbons (Fsp3) is 0.438. The highest BCUT2D eigenvalue weighted by Crippen LogP contribution is 2.44. The van der Waals surface area contributed by atoms with Crippen LogP contribution in [0.25, 0.3) is 20.3 Å². The number of ether oxygens (including phenoxy) is 1. The van der Waals surface area contributed by atoms with E-state index in [9.17, 15) is 0 Å². The molecule has 1 aliphatic carbocycles.